The van der Waals surface area contributed by atoms with Crippen LogP contribution in [0.5, 0.6) is 0 Å². The summed E-state index contributed by atoms with van der Waals surface area (Å²) in [6, 6.07) is 0. The minimum atomic E-state index is 1.01. The van der Waals surface area contributed by atoms with E-state index in [1.54, 1.807) is 0 Å². The molecule has 1 nitrogen and oxygen atoms in total. The van der Waals surface area contributed by atoms with Crippen molar-refractivity contribution in [2.45, 2.75) is 19.8 Å². The van der Waals surface area contributed by atoms with Crippen LogP contribution in [0, 0.1) is 17.8 Å². The summed E-state index contributed by atoms with van der Waals surface area (Å²) in [5.41, 5.74) is 0. The van der Waals surface area contributed by atoms with Gasteiger partial charge < -0.3 is 0 Å². The summed E-state index contributed by atoms with van der Waals surface area (Å²) in [7, 11) is 2.83. The Hall–Kier alpha value is 0.390. The normalized spacial score (nSPS) is 48.0. The van der Waals surface area contributed by atoms with Crippen molar-refractivity contribution in [1.29, 1.82) is 0 Å². The van der Waals surface area contributed by atoms with Crippen LogP contribution in [0.15, 0.2) is 0 Å². The van der Waals surface area contributed by atoms with Crippen LogP contribution in [-0.2, 0) is 0 Å². The lowest BCUT2D eigenvalue weighted by Gasteiger charge is -2.09. The van der Waals surface area contributed by atoms with Gasteiger partial charge >= 0.3 is 0 Å². The van der Waals surface area contributed by atoms with Crippen LogP contribution in [0.1, 0.15) is 19.8 Å². The van der Waals surface area contributed by atoms with Crippen molar-refractivity contribution in [2.75, 3.05) is 13.1 Å². The van der Waals surface area contributed by atoms with Gasteiger partial charge in [0.25, 0.3) is 0 Å². The Morgan fingerprint density at radius 3 is 2.20 bits per heavy atom. The summed E-state index contributed by atoms with van der Waals surface area (Å²) in [5.74, 6) is 3.08. The fraction of sp³-hybridized carbons (Fsp3) is 1.00. The van der Waals surface area contributed by atoms with Crippen LogP contribution in [0.2, 0.25) is 0 Å². The molecule has 4 atom stereocenters. The van der Waals surface area contributed by atoms with E-state index in [-0.39, 0.29) is 0 Å². The van der Waals surface area contributed by atoms with Gasteiger partial charge in [0.05, 0.1) is 0 Å². The van der Waals surface area contributed by atoms with Crippen molar-refractivity contribution in [1.82, 2.24) is 4.67 Å². The molecule has 2 aliphatic rings. The molecule has 0 spiro atoms. The SMILES string of the molecule is CC1C[C@@H]2CN(P)C[C@@H]2C1. The molecule has 0 amide bonds. The summed E-state index contributed by atoms with van der Waals surface area (Å²) < 4.78 is 2.40. The fourth-order valence-electron chi connectivity index (χ4n) is 2.64. The Kier molecular flexibility index (Phi) is 1.74. The largest absolute Gasteiger partial charge is 0.287 e. The zero-order valence-electron chi connectivity index (χ0n) is 6.59. The monoisotopic (exact) mass is 157 g/mol. The van der Waals surface area contributed by atoms with Crippen LogP contribution in [-0.4, -0.2) is 17.8 Å². The molecule has 1 aliphatic heterocycles. The quantitative estimate of drug-likeness (QED) is 0.484. The van der Waals surface area contributed by atoms with Gasteiger partial charge in [-0.2, -0.15) is 0 Å². The van der Waals surface area contributed by atoms with Gasteiger partial charge in [-0.25, -0.2) is 0 Å². The van der Waals surface area contributed by atoms with Gasteiger partial charge in [0.2, 0.25) is 0 Å². The summed E-state index contributed by atoms with van der Waals surface area (Å²) in [6.07, 6.45) is 2.96. The van der Waals surface area contributed by atoms with E-state index in [0.717, 1.165) is 17.8 Å². The molecule has 0 N–H and O–H groups in total. The van der Waals surface area contributed by atoms with Gasteiger partial charge in [0.1, 0.15) is 0 Å². The molecule has 0 aromatic carbocycles. The molecule has 0 aromatic rings. The lowest BCUT2D eigenvalue weighted by molar-refractivity contribution is 0.463. The maximum Gasteiger partial charge on any atom is 0.00479 e. The molecular formula is C8H16NP. The Labute approximate surface area is 65.4 Å². The molecule has 1 aliphatic carbocycles. The van der Waals surface area contributed by atoms with E-state index in [1.165, 1.54) is 25.9 Å². The minimum Gasteiger partial charge on any atom is -0.287 e. The van der Waals surface area contributed by atoms with Gasteiger partial charge in [-0.15, -0.1) is 0 Å². The smallest absolute Gasteiger partial charge is 0.00479 e. The van der Waals surface area contributed by atoms with Crippen molar-refractivity contribution in [3.8, 4) is 0 Å². The van der Waals surface area contributed by atoms with E-state index in [1.807, 2.05) is 0 Å². The molecule has 2 fully saturated rings. The van der Waals surface area contributed by atoms with Crippen LogP contribution in [0.3, 0.4) is 0 Å². The third-order valence-corrected chi connectivity index (χ3v) is 3.44. The first-order valence-electron chi connectivity index (χ1n) is 4.25. The van der Waals surface area contributed by atoms with Gasteiger partial charge in [0, 0.05) is 13.1 Å². The van der Waals surface area contributed by atoms with Gasteiger partial charge in [-0.05, 0) is 30.6 Å². The van der Waals surface area contributed by atoms with Crippen molar-refractivity contribution < 1.29 is 0 Å². The summed E-state index contributed by atoms with van der Waals surface area (Å²) >= 11 is 0. The Morgan fingerprint density at radius 1 is 1.20 bits per heavy atom. The maximum absolute atomic E-state index is 2.83. The highest BCUT2D eigenvalue weighted by Crippen LogP contribution is 2.41. The molecule has 0 aromatic heterocycles. The predicted molar refractivity (Wildman–Crippen MR) is 46.7 cm³/mol. The average Bonchev–Trinajstić information content (AvgIpc) is 2.21. The van der Waals surface area contributed by atoms with Crippen LogP contribution >= 0.6 is 9.39 Å². The van der Waals surface area contributed by atoms with E-state index < -0.39 is 0 Å². The Bertz CT molecular complexity index is 109. The lowest BCUT2D eigenvalue weighted by Crippen LogP contribution is -2.08. The fourth-order valence-corrected chi connectivity index (χ4v) is 3.18. The minimum absolute atomic E-state index is 1.01. The first-order valence-corrected chi connectivity index (χ1v) is 4.77. The van der Waals surface area contributed by atoms with E-state index in [9.17, 15) is 0 Å². The number of nitrogens with zero attached hydrogens (tertiary/aromatic N) is 1. The first kappa shape index (κ1) is 7.06. The molecular weight excluding hydrogens is 141 g/mol. The van der Waals surface area contributed by atoms with Crippen LogP contribution < -0.4 is 0 Å². The molecule has 1 saturated heterocycles. The second-order valence-corrected chi connectivity index (χ2v) is 4.78. The number of hydrogen-bond donors (Lipinski definition) is 0. The van der Waals surface area contributed by atoms with E-state index in [0.29, 0.717) is 0 Å². The number of hydrogen-bond acceptors (Lipinski definition) is 1. The van der Waals surface area contributed by atoms with Crippen molar-refractivity contribution >= 4 is 9.39 Å². The third-order valence-electron chi connectivity index (χ3n) is 3.01. The van der Waals surface area contributed by atoms with Gasteiger partial charge in [0.15, 0.2) is 0 Å². The van der Waals surface area contributed by atoms with Crippen molar-refractivity contribution in [2.24, 2.45) is 17.8 Å². The summed E-state index contributed by atoms with van der Waals surface area (Å²) in [5, 5.41) is 0. The van der Waals surface area contributed by atoms with Gasteiger partial charge in [-0.3, -0.25) is 4.67 Å². The second-order valence-electron chi connectivity index (χ2n) is 4.05. The first-order chi connectivity index (χ1) is 4.75. The number of rotatable bonds is 0. The Morgan fingerprint density at radius 2 is 1.70 bits per heavy atom. The van der Waals surface area contributed by atoms with E-state index in [4.69, 9.17) is 0 Å². The molecule has 2 rings (SSSR count). The molecule has 0 radical (unpaired) electrons. The molecule has 1 saturated carbocycles. The molecule has 2 heteroatoms. The van der Waals surface area contributed by atoms with Crippen LogP contribution in [0.4, 0.5) is 0 Å². The summed E-state index contributed by atoms with van der Waals surface area (Å²) in [6.45, 7) is 5.06. The van der Waals surface area contributed by atoms with Crippen LogP contribution in [0.25, 0.3) is 0 Å². The zero-order valence-corrected chi connectivity index (χ0v) is 7.74. The topological polar surface area (TPSA) is 3.24 Å². The average molecular weight is 157 g/mol. The highest BCUT2D eigenvalue weighted by atomic mass is 31.0. The van der Waals surface area contributed by atoms with Crippen molar-refractivity contribution in [3.63, 3.8) is 0 Å². The third kappa shape index (κ3) is 1.10. The maximum atomic E-state index is 2.83. The van der Waals surface area contributed by atoms with E-state index >= 15 is 0 Å². The van der Waals surface area contributed by atoms with E-state index in [2.05, 4.69) is 21.0 Å². The molecule has 1 heterocycles. The Balaban J connectivity index is 2.00. The summed E-state index contributed by atoms with van der Waals surface area (Å²) in [4.78, 5) is 0. The van der Waals surface area contributed by atoms with Crippen molar-refractivity contribution in [3.05, 3.63) is 0 Å². The molecule has 2 unspecified atom stereocenters. The highest BCUT2D eigenvalue weighted by Gasteiger charge is 2.37. The predicted octanol–water partition coefficient (Wildman–Crippen LogP) is 1.75. The lowest BCUT2D eigenvalue weighted by atomic mass is 10.0. The second kappa shape index (κ2) is 2.46. The number of fused-ring (bicyclic) bond motifs is 1. The molecule has 10 heavy (non-hydrogen) atoms. The molecule has 0 bridgehead atoms. The molecule has 58 valence electrons. The standard InChI is InChI=1S/C8H16NP/c1-6-2-7-4-9(10)5-8(7)3-6/h6-8H,2-5,10H2,1H3/t6?,7-,8+. The highest BCUT2D eigenvalue weighted by molar-refractivity contribution is 7.13. The van der Waals surface area contributed by atoms with Gasteiger partial charge in [-0.1, -0.05) is 16.3 Å². The zero-order chi connectivity index (χ0) is 7.14.